The summed E-state index contributed by atoms with van der Waals surface area (Å²) in [6.07, 6.45) is 6.43. The van der Waals surface area contributed by atoms with Gasteiger partial charge in [-0.25, -0.2) is 4.79 Å². The van der Waals surface area contributed by atoms with Crippen molar-refractivity contribution in [2.45, 2.75) is 116 Å². The van der Waals surface area contributed by atoms with Gasteiger partial charge in [0.2, 0.25) is 17.6 Å². The number of carbonyl (C=O) groups is 4. The molecule has 2 N–H and O–H groups in total. The number of amides is 3. The fraction of sp³-hybridized carbons (Fsp3) is 0.629. The quantitative estimate of drug-likeness (QED) is 0.355. The van der Waals surface area contributed by atoms with Crippen molar-refractivity contribution in [3.63, 3.8) is 0 Å². The summed E-state index contributed by atoms with van der Waals surface area (Å²) in [6, 6.07) is 7.01. The first-order chi connectivity index (χ1) is 22.1. The Labute approximate surface area is 277 Å². The second kappa shape index (κ2) is 13.2. The van der Waals surface area contributed by atoms with Gasteiger partial charge in [0, 0.05) is 30.9 Å². The maximum atomic E-state index is 14.4. The SMILES string of the molecule is C=CC1CC1(NC(=O)C1CC(n2nnc(-c3ccccc3)n2)CN1C(=O)C(NC(=O)OC(C)(C)C)C(C)(C)C)C(=O)CC1CCCC1. The van der Waals surface area contributed by atoms with E-state index in [0.717, 1.165) is 31.2 Å². The fourth-order valence-electron chi connectivity index (χ4n) is 6.86. The first-order valence-corrected chi connectivity index (χ1v) is 16.7. The van der Waals surface area contributed by atoms with Crippen LogP contribution in [0.15, 0.2) is 43.0 Å². The van der Waals surface area contributed by atoms with E-state index in [-0.39, 0.29) is 24.7 Å². The summed E-state index contributed by atoms with van der Waals surface area (Å²) in [5.41, 5.74) is -1.71. The molecule has 12 nitrogen and oxygen atoms in total. The lowest BCUT2D eigenvalue weighted by atomic mass is 9.85. The molecule has 3 aliphatic rings. The van der Waals surface area contributed by atoms with Crippen molar-refractivity contribution in [1.29, 1.82) is 0 Å². The molecule has 1 aromatic heterocycles. The van der Waals surface area contributed by atoms with Gasteiger partial charge < -0.3 is 20.3 Å². The number of nitrogens with one attached hydrogen (secondary N) is 2. The Morgan fingerprint density at radius 3 is 2.36 bits per heavy atom. The summed E-state index contributed by atoms with van der Waals surface area (Å²) in [4.78, 5) is 58.2. The normalized spacial score (nSPS) is 25.2. The van der Waals surface area contributed by atoms with E-state index < -0.39 is 52.6 Å². The van der Waals surface area contributed by atoms with Gasteiger partial charge in [-0.05, 0) is 43.7 Å². The Morgan fingerprint density at radius 2 is 1.77 bits per heavy atom. The molecular formula is C35H49N7O5. The standard InChI is InChI=1S/C35H49N7O5/c1-8-24-20-35(24,27(43)18-22-14-12-13-15-22)37-30(44)26-19-25(42-39-29(38-40-42)23-16-10-9-11-17-23)21-41(26)31(45)28(33(2,3)4)36-32(46)47-34(5,6)7/h8-11,16-17,22,24-26,28H,1,12-15,18-21H2,2-7H3,(H,36,46)(H,37,44). The van der Waals surface area contributed by atoms with Crippen LogP contribution in [-0.2, 0) is 19.1 Å². The minimum atomic E-state index is -1.02. The van der Waals surface area contributed by atoms with Gasteiger partial charge >= 0.3 is 6.09 Å². The molecule has 5 atom stereocenters. The highest BCUT2D eigenvalue weighted by molar-refractivity contribution is 5.99. The summed E-state index contributed by atoms with van der Waals surface area (Å²) < 4.78 is 5.49. The number of nitrogens with zero attached hydrogens (tertiary/aromatic N) is 5. The third kappa shape index (κ3) is 7.73. The molecular weight excluding hydrogens is 598 g/mol. The number of Topliss-reactive ketones (excluding diaryl/α,β-unsaturated/α-hetero) is 1. The molecule has 0 radical (unpaired) electrons. The molecule has 47 heavy (non-hydrogen) atoms. The molecule has 0 spiro atoms. The lowest BCUT2D eigenvalue weighted by Crippen LogP contribution is -2.59. The van der Waals surface area contributed by atoms with Crippen molar-refractivity contribution < 1.29 is 23.9 Å². The monoisotopic (exact) mass is 647 g/mol. The van der Waals surface area contributed by atoms with Gasteiger partial charge in [0.05, 0.1) is 6.04 Å². The molecule has 3 fully saturated rings. The van der Waals surface area contributed by atoms with E-state index in [1.54, 1.807) is 26.8 Å². The van der Waals surface area contributed by atoms with Crippen LogP contribution in [0, 0.1) is 17.3 Å². The first kappa shape index (κ1) is 34.3. The average Bonchev–Trinajstić information content (AvgIpc) is 3.46. The number of hydrogen-bond acceptors (Lipinski definition) is 8. The number of ether oxygens (including phenoxy) is 1. The smallest absolute Gasteiger partial charge is 0.408 e. The Balaban J connectivity index is 1.42. The van der Waals surface area contributed by atoms with Crippen molar-refractivity contribution in [2.24, 2.45) is 17.3 Å². The number of carbonyl (C=O) groups excluding carboxylic acids is 4. The Bertz CT molecular complexity index is 1490. The Kier molecular flexibility index (Phi) is 9.62. The van der Waals surface area contributed by atoms with Crippen molar-refractivity contribution in [2.75, 3.05) is 6.54 Å². The number of rotatable bonds is 10. The summed E-state index contributed by atoms with van der Waals surface area (Å²) in [6.45, 7) is 14.8. The summed E-state index contributed by atoms with van der Waals surface area (Å²) in [5.74, 6) is -0.225. The molecule has 5 rings (SSSR count). The van der Waals surface area contributed by atoms with Crippen LogP contribution in [0.4, 0.5) is 4.79 Å². The number of tetrazole rings is 1. The fourth-order valence-corrected chi connectivity index (χ4v) is 6.86. The van der Waals surface area contributed by atoms with E-state index in [1.165, 1.54) is 9.70 Å². The van der Waals surface area contributed by atoms with E-state index in [1.807, 2.05) is 51.1 Å². The average molecular weight is 648 g/mol. The largest absolute Gasteiger partial charge is 0.444 e. The van der Waals surface area contributed by atoms with Crippen LogP contribution in [0.25, 0.3) is 11.4 Å². The minimum absolute atomic E-state index is 0.0275. The zero-order chi connectivity index (χ0) is 34.1. The van der Waals surface area contributed by atoms with Crippen LogP contribution in [0.5, 0.6) is 0 Å². The second-order valence-electron chi connectivity index (χ2n) is 15.4. The second-order valence-corrected chi connectivity index (χ2v) is 15.4. The lowest BCUT2D eigenvalue weighted by Gasteiger charge is -2.36. The molecule has 2 saturated carbocycles. The maximum Gasteiger partial charge on any atom is 0.408 e. The molecule has 254 valence electrons. The maximum absolute atomic E-state index is 14.4. The van der Waals surface area contributed by atoms with Crippen LogP contribution in [0.1, 0.15) is 92.5 Å². The number of benzene rings is 1. The van der Waals surface area contributed by atoms with E-state index in [4.69, 9.17) is 4.74 Å². The van der Waals surface area contributed by atoms with Crippen LogP contribution in [0.2, 0.25) is 0 Å². The third-order valence-corrected chi connectivity index (χ3v) is 9.52. The zero-order valence-electron chi connectivity index (χ0n) is 28.5. The van der Waals surface area contributed by atoms with Gasteiger partial charge in [-0.3, -0.25) is 14.4 Å². The van der Waals surface area contributed by atoms with Crippen LogP contribution in [0.3, 0.4) is 0 Å². The predicted molar refractivity (Wildman–Crippen MR) is 176 cm³/mol. The first-order valence-electron chi connectivity index (χ1n) is 16.7. The van der Waals surface area contributed by atoms with Gasteiger partial charge in [-0.2, -0.15) is 4.80 Å². The zero-order valence-corrected chi connectivity index (χ0v) is 28.5. The highest BCUT2D eigenvalue weighted by Crippen LogP contribution is 2.47. The Morgan fingerprint density at radius 1 is 1.09 bits per heavy atom. The van der Waals surface area contributed by atoms with Gasteiger partial charge in [0.15, 0.2) is 5.78 Å². The number of hydrogen-bond donors (Lipinski definition) is 2. The number of ketones is 1. The molecule has 1 aliphatic heterocycles. The molecule has 1 saturated heterocycles. The van der Waals surface area contributed by atoms with Gasteiger partial charge in [-0.1, -0.05) is 82.9 Å². The van der Waals surface area contributed by atoms with Crippen molar-refractivity contribution >= 4 is 23.7 Å². The number of alkyl carbamates (subject to hydrolysis) is 1. The van der Waals surface area contributed by atoms with Crippen LogP contribution in [-0.4, -0.2) is 78.6 Å². The summed E-state index contributed by atoms with van der Waals surface area (Å²) >= 11 is 0. The molecule has 2 aromatic rings. The van der Waals surface area contributed by atoms with Crippen molar-refractivity contribution in [3.05, 3.63) is 43.0 Å². The molecule has 12 heteroatoms. The summed E-state index contributed by atoms with van der Waals surface area (Å²) in [5, 5.41) is 19.0. The van der Waals surface area contributed by atoms with Crippen LogP contribution >= 0.6 is 0 Å². The van der Waals surface area contributed by atoms with E-state index >= 15 is 0 Å². The van der Waals surface area contributed by atoms with Gasteiger partial charge in [0.25, 0.3) is 0 Å². The van der Waals surface area contributed by atoms with E-state index in [9.17, 15) is 19.2 Å². The van der Waals surface area contributed by atoms with Gasteiger partial charge in [-0.15, -0.1) is 16.8 Å². The van der Waals surface area contributed by atoms with E-state index in [0.29, 0.717) is 24.6 Å². The van der Waals surface area contributed by atoms with E-state index in [2.05, 4.69) is 32.6 Å². The lowest BCUT2D eigenvalue weighted by molar-refractivity contribution is -0.143. The molecule has 0 bridgehead atoms. The number of likely N-dealkylation sites (tertiary alicyclic amines) is 1. The van der Waals surface area contributed by atoms with Crippen molar-refractivity contribution in [1.82, 2.24) is 35.7 Å². The highest BCUT2D eigenvalue weighted by atomic mass is 16.6. The van der Waals surface area contributed by atoms with Crippen molar-refractivity contribution in [3.8, 4) is 11.4 Å². The Hall–Kier alpha value is -4.09. The highest BCUT2D eigenvalue weighted by Gasteiger charge is 2.60. The predicted octanol–water partition coefficient (Wildman–Crippen LogP) is 4.63. The molecule has 1 aromatic carbocycles. The molecule has 3 amide bonds. The van der Waals surface area contributed by atoms with Gasteiger partial charge in [0.1, 0.15) is 23.2 Å². The minimum Gasteiger partial charge on any atom is -0.444 e. The molecule has 5 unspecified atom stereocenters. The topological polar surface area (TPSA) is 148 Å². The molecule has 2 heterocycles. The number of aromatic nitrogens is 4. The third-order valence-electron chi connectivity index (χ3n) is 9.52. The van der Waals surface area contributed by atoms with Crippen LogP contribution < -0.4 is 10.6 Å². The summed E-state index contributed by atoms with van der Waals surface area (Å²) in [7, 11) is 0. The molecule has 2 aliphatic carbocycles.